The van der Waals surface area contributed by atoms with Crippen LogP contribution in [0.1, 0.15) is 10.4 Å². The lowest BCUT2D eigenvalue weighted by Crippen LogP contribution is -2.11. The molecule has 5 nitrogen and oxygen atoms in total. The van der Waals surface area contributed by atoms with Gasteiger partial charge in [-0.25, -0.2) is 4.79 Å². The summed E-state index contributed by atoms with van der Waals surface area (Å²) in [6, 6.07) is 17.4. The van der Waals surface area contributed by atoms with Crippen molar-refractivity contribution in [2.24, 2.45) is 0 Å². The summed E-state index contributed by atoms with van der Waals surface area (Å²) in [7, 11) is -4.12. The van der Waals surface area contributed by atoms with Crippen molar-refractivity contribution >= 4 is 26.9 Å². The summed E-state index contributed by atoms with van der Waals surface area (Å²) < 4.78 is 30.0. The van der Waals surface area contributed by atoms with Crippen LogP contribution < -0.4 is 4.18 Å². The molecule has 0 aliphatic carbocycles. The van der Waals surface area contributed by atoms with Crippen LogP contribution in [0.2, 0.25) is 0 Å². The third-order valence-electron chi connectivity index (χ3n) is 3.32. The largest absolute Gasteiger partial charge is 0.478 e. The Morgan fingerprint density at radius 1 is 0.913 bits per heavy atom. The predicted molar refractivity (Wildman–Crippen MR) is 85.2 cm³/mol. The Bertz CT molecular complexity index is 987. The van der Waals surface area contributed by atoms with Crippen molar-refractivity contribution in [3.05, 3.63) is 72.3 Å². The van der Waals surface area contributed by atoms with Crippen molar-refractivity contribution in [1.29, 1.82) is 0 Å². The van der Waals surface area contributed by atoms with Crippen LogP contribution in [0.25, 0.3) is 10.8 Å². The molecule has 0 saturated heterocycles. The summed E-state index contributed by atoms with van der Waals surface area (Å²) in [5.74, 6) is -1.00. The number of fused-ring (bicyclic) bond motifs is 1. The van der Waals surface area contributed by atoms with Gasteiger partial charge in [0.1, 0.15) is 4.90 Å². The first kappa shape index (κ1) is 15.1. The van der Waals surface area contributed by atoms with Crippen LogP contribution in [0.15, 0.2) is 71.6 Å². The quantitative estimate of drug-likeness (QED) is 0.743. The SMILES string of the molecule is O=C(O)c1cccc(S(=O)(=O)Oc2cccc3ccccc23)c1. The number of hydrogen-bond donors (Lipinski definition) is 1. The van der Waals surface area contributed by atoms with E-state index in [4.69, 9.17) is 9.29 Å². The normalized spacial score (nSPS) is 11.3. The van der Waals surface area contributed by atoms with Crippen molar-refractivity contribution in [3.8, 4) is 5.75 Å². The molecule has 0 bridgehead atoms. The molecular weight excluding hydrogens is 316 g/mol. The number of rotatable bonds is 4. The second-order valence-electron chi connectivity index (χ2n) is 4.85. The third-order valence-corrected chi connectivity index (χ3v) is 4.55. The van der Waals surface area contributed by atoms with Gasteiger partial charge in [0.2, 0.25) is 0 Å². The third kappa shape index (κ3) is 3.02. The van der Waals surface area contributed by atoms with Crippen molar-refractivity contribution in [1.82, 2.24) is 0 Å². The Labute approximate surface area is 132 Å². The Morgan fingerprint density at radius 2 is 1.61 bits per heavy atom. The fourth-order valence-electron chi connectivity index (χ4n) is 2.22. The second kappa shape index (κ2) is 5.73. The van der Waals surface area contributed by atoms with E-state index >= 15 is 0 Å². The number of hydrogen-bond acceptors (Lipinski definition) is 4. The Balaban J connectivity index is 2.04. The van der Waals surface area contributed by atoms with Gasteiger partial charge in [0, 0.05) is 5.39 Å². The lowest BCUT2D eigenvalue weighted by molar-refractivity contribution is 0.0696. The molecule has 23 heavy (non-hydrogen) atoms. The summed E-state index contributed by atoms with van der Waals surface area (Å²) in [4.78, 5) is 10.8. The van der Waals surface area contributed by atoms with Gasteiger partial charge < -0.3 is 9.29 Å². The molecule has 0 amide bonds. The molecule has 0 aromatic heterocycles. The van der Waals surface area contributed by atoms with Crippen LogP contribution in [0, 0.1) is 0 Å². The topological polar surface area (TPSA) is 80.7 Å². The van der Waals surface area contributed by atoms with Crippen LogP contribution >= 0.6 is 0 Å². The van der Waals surface area contributed by atoms with E-state index in [1.165, 1.54) is 18.2 Å². The molecule has 0 heterocycles. The maximum absolute atomic E-state index is 12.4. The highest BCUT2D eigenvalue weighted by Crippen LogP contribution is 2.28. The van der Waals surface area contributed by atoms with Crippen molar-refractivity contribution in [2.75, 3.05) is 0 Å². The monoisotopic (exact) mass is 328 g/mol. The molecule has 0 fully saturated rings. The molecule has 3 aromatic rings. The molecule has 1 N–H and O–H groups in total. The standard InChI is InChI=1S/C17H12O5S/c18-17(19)13-7-3-8-14(11-13)23(20,21)22-16-10-4-6-12-5-1-2-9-15(12)16/h1-11H,(H,18,19). The van der Waals surface area contributed by atoms with E-state index in [9.17, 15) is 13.2 Å². The lowest BCUT2D eigenvalue weighted by Gasteiger charge is -2.10. The number of carbonyl (C=O) groups is 1. The van der Waals surface area contributed by atoms with Gasteiger partial charge in [0.05, 0.1) is 5.56 Å². The van der Waals surface area contributed by atoms with Gasteiger partial charge in [-0.3, -0.25) is 0 Å². The molecule has 0 aliphatic rings. The fraction of sp³-hybridized carbons (Fsp3) is 0. The Hall–Kier alpha value is -2.86. The van der Waals surface area contributed by atoms with Crippen molar-refractivity contribution in [2.45, 2.75) is 4.90 Å². The molecule has 0 spiro atoms. The number of carboxylic acid groups (broad SMARTS) is 1. The fourth-order valence-corrected chi connectivity index (χ4v) is 3.21. The van der Waals surface area contributed by atoms with Gasteiger partial charge in [-0.1, -0.05) is 42.5 Å². The molecule has 0 atom stereocenters. The zero-order valence-corrected chi connectivity index (χ0v) is 12.7. The van der Waals surface area contributed by atoms with E-state index in [1.54, 1.807) is 24.3 Å². The van der Waals surface area contributed by atoms with Crippen molar-refractivity contribution < 1.29 is 22.5 Å². The summed E-state index contributed by atoms with van der Waals surface area (Å²) in [6.45, 7) is 0. The summed E-state index contributed by atoms with van der Waals surface area (Å²) in [5, 5.41) is 10.5. The van der Waals surface area contributed by atoms with E-state index in [0.29, 0.717) is 5.39 Å². The minimum Gasteiger partial charge on any atom is -0.478 e. The van der Waals surface area contributed by atoms with Crippen molar-refractivity contribution in [3.63, 3.8) is 0 Å². The molecule has 116 valence electrons. The highest BCUT2D eigenvalue weighted by atomic mass is 32.2. The molecule has 0 aliphatic heterocycles. The first-order valence-corrected chi connectivity index (χ1v) is 8.14. The number of benzene rings is 3. The molecule has 3 aromatic carbocycles. The van der Waals surface area contributed by atoms with E-state index in [2.05, 4.69) is 0 Å². The molecular formula is C17H12O5S. The smallest absolute Gasteiger partial charge is 0.339 e. The van der Waals surface area contributed by atoms with Gasteiger partial charge >= 0.3 is 16.1 Å². The van der Waals surface area contributed by atoms with E-state index in [0.717, 1.165) is 11.5 Å². The molecule has 3 rings (SSSR count). The summed E-state index contributed by atoms with van der Waals surface area (Å²) in [5.41, 5.74) is -0.118. The maximum Gasteiger partial charge on any atom is 0.339 e. The lowest BCUT2D eigenvalue weighted by atomic mass is 10.1. The summed E-state index contributed by atoms with van der Waals surface area (Å²) in [6.07, 6.45) is 0. The van der Waals surface area contributed by atoms with Gasteiger partial charge in [-0.2, -0.15) is 8.42 Å². The molecule has 6 heteroatoms. The number of aromatic carboxylic acids is 1. The minimum absolute atomic E-state index is 0.118. The van der Waals surface area contributed by atoms with Crippen LogP contribution in [0.5, 0.6) is 5.75 Å². The first-order chi connectivity index (χ1) is 11.0. The van der Waals surface area contributed by atoms with Gasteiger partial charge in [0.15, 0.2) is 5.75 Å². The average Bonchev–Trinajstić information content (AvgIpc) is 2.55. The minimum atomic E-state index is -4.12. The van der Waals surface area contributed by atoms with Gasteiger partial charge in [0.25, 0.3) is 0 Å². The summed E-state index contributed by atoms with van der Waals surface area (Å²) >= 11 is 0. The van der Waals surface area contributed by atoms with E-state index in [-0.39, 0.29) is 16.2 Å². The Morgan fingerprint density at radius 3 is 2.39 bits per heavy atom. The highest BCUT2D eigenvalue weighted by molar-refractivity contribution is 7.87. The zero-order chi connectivity index (χ0) is 16.4. The average molecular weight is 328 g/mol. The van der Waals surface area contributed by atoms with Crippen LogP contribution in [0.3, 0.4) is 0 Å². The van der Waals surface area contributed by atoms with Crippen LogP contribution in [-0.2, 0) is 10.1 Å². The van der Waals surface area contributed by atoms with Gasteiger partial charge in [-0.15, -0.1) is 0 Å². The van der Waals surface area contributed by atoms with Crippen LogP contribution in [-0.4, -0.2) is 19.5 Å². The second-order valence-corrected chi connectivity index (χ2v) is 6.39. The first-order valence-electron chi connectivity index (χ1n) is 6.73. The molecule has 0 saturated carbocycles. The predicted octanol–water partition coefficient (Wildman–Crippen LogP) is 3.31. The maximum atomic E-state index is 12.4. The van der Waals surface area contributed by atoms with Gasteiger partial charge in [-0.05, 0) is 29.7 Å². The molecule has 0 radical (unpaired) electrons. The highest BCUT2D eigenvalue weighted by Gasteiger charge is 2.19. The Kier molecular flexibility index (Phi) is 3.75. The van der Waals surface area contributed by atoms with Crippen LogP contribution in [0.4, 0.5) is 0 Å². The van der Waals surface area contributed by atoms with E-state index in [1.807, 2.05) is 18.2 Å². The number of carboxylic acids is 1. The van der Waals surface area contributed by atoms with E-state index < -0.39 is 16.1 Å². The zero-order valence-electron chi connectivity index (χ0n) is 11.8. The molecule has 0 unspecified atom stereocenters.